The maximum atomic E-state index is 13.4. The van der Waals surface area contributed by atoms with Gasteiger partial charge in [0.2, 0.25) is 0 Å². The van der Waals surface area contributed by atoms with Gasteiger partial charge in [-0.05, 0) is 0 Å². The zero-order valence-electron chi connectivity index (χ0n) is 51.9. The van der Waals surface area contributed by atoms with E-state index in [0.717, 1.165) is 0 Å². The lowest BCUT2D eigenvalue weighted by Crippen LogP contribution is -2.75. The number of hydrogen-bond donors (Lipinski definition) is 0. The van der Waals surface area contributed by atoms with Crippen LogP contribution in [0, 0.1) is 0 Å². The van der Waals surface area contributed by atoms with Gasteiger partial charge in [-0.3, -0.25) is 0 Å². The van der Waals surface area contributed by atoms with Crippen molar-refractivity contribution in [2.45, 2.75) is 177 Å². The second-order valence-corrected chi connectivity index (χ2v) is 71.5. The fourth-order valence-electron chi connectivity index (χ4n) is 5.62. The summed E-state index contributed by atoms with van der Waals surface area (Å²) in [6.07, 6.45) is -74.2. The van der Waals surface area contributed by atoms with Crippen LogP contribution in [0.1, 0.15) is 0 Å². The van der Waals surface area contributed by atoms with E-state index in [2.05, 4.69) is 204 Å². The molecule has 125 heavy (non-hydrogen) atoms. The first-order valence-electron chi connectivity index (χ1n) is 24.4. The predicted molar refractivity (Wildman–Crippen MR) is 305 cm³/mol. The third-order valence-corrected chi connectivity index (χ3v) is 33.3. The van der Waals surface area contributed by atoms with E-state index < -0.39 is 225 Å². The van der Waals surface area contributed by atoms with Gasteiger partial charge in [0.05, 0.1) is 0 Å². The summed E-state index contributed by atoms with van der Waals surface area (Å²) in [5, 5.41) is -13.5. The zero-order valence-corrected chi connectivity index (χ0v) is 71.5. The molecule has 0 aliphatic carbocycles. The van der Waals surface area contributed by atoms with E-state index >= 15 is 0 Å². The van der Waals surface area contributed by atoms with Crippen molar-refractivity contribution in [1.82, 2.24) is 0 Å². The van der Waals surface area contributed by atoms with E-state index in [1.54, 1.807) is 0 Å². The number of ether oxygens (including phenoxy) is 1. The van der Waals surface area contributed by atoms with Gasteiger partial charge < -0.3 is 4.74 Å². The van der Waals surface area contributed by atoms with Gasteiger partial charge in [-0.2, -0.15) is 299 Å². The molecule has 0 saturated carbocycles. The smallest absolute Gasteiger partial charge is 0.398 e. The molecule has 0 aliphatic rings. The number of rotatable bonds is 23. The highest BCUT2D eigenvalue weighted by molar-refractivity contribution is 7.68. The van der Waals surface area contributed by atoms with Crippen LogP contribution in [0.3, 0.4) is 0 Å². The van der Waals surface area contributed by atoms with E-state index in [1.165, 1.54) is 0 Å². The van der Waals surface area contributed by atoms with Crippen molar-refractivity contribution < 1.29 is 303 Å². The highest BCUT2D eigenvalue weighted by Gasteiger charge is 3.01. The molecule has 0 aromatic carbocycles. The van der Waals surface area contributed by atoms with Gasteiger partial charge in [-0.1, -0.05) is 0 Å². The summed E-state index contributed by atoms with van der Waals surface area (Å²) in [6.45, 7) is 0. The lowest BCUT2D eigenvalue weighted by Gasteiger charge is -2.47. The quantitative estimate of drug-likeness (QED) is 0.0429. The Hall–Kier alpha value is 1.30. The highest BCUT2D eigenvalue weighted by atomic mass is 35.9. The first-order chi connectivity index (χ1) is 51.8. The first kappa shape index (κ1) is 137. The second-order valence-electron chi connectivity index (χ2n) is 20.5. The summed E-state index contributed by atoms with van der Waals surface area (Å²) in [4.78, 5) is 0. The standard InChI is InChI=1S/C8Cl3F17Si.2C6Cl3F13Si.2C4Cl3F9Si.C4Cl3F7OSi/c9-29(10,11)8(27,28)6(22,23)4(18,19)2(14,15)1(12,13)3(16,17)5(20,21)7(24,25)26;7-23(8,9)1(4(14,15)16,5(17,18)19)2(10,11)3(12,13)6(20,21)22;7-23(8,9)6(21,22)4(16,17)2(12,13)1(10,11)3(14,15)5(18,19)20;5-17(6,7)4(15,16)2(10,11)1(8,9)3(12,13)14;5-17(6,7)1(2(8,9)10,3(11,12)13)4(14,15)16;5-16(6,7)4(13,14)3(11,12)15-2(10)1(8)9. The van der Waals surface area contributed by atoms with Crippen LogP contribution < -0.4 is 0 Å². The summed E-state index contributed by atoms with van der Waals surface area (Å²) in [6, 6.07) is -40.7. The molecule has 0 unspecified atom stereocenters. The molecule has 0 atom stereocenters. The Morgan fingerprint density at radius 1 is 0.144 bits per heavy atom. The SMILES string of the molecule is FC(F)(F)C(C(F)(F)F)(C(F)(F)F)[Si](Cl)(Cl)Cl.FC(F)(F)C(F)(F)C(F)(F)C(C(F)(F)F)(C(F)(F)F)[Si](Cl)(Cl)Cl.FC(F)(F)C(F)(F)C(F)(F)C(F)(F)C(F)(F)C(F)(F)C(F)(F)C(F)(F)[Si](Cl)(Cl)Cl.FC(F)(F)C(F)(F)C(F)(F)C(F)(F)C(F)(F)C(F)(F)[Si](Cl)(Cl)Cl.FC(F)(F)C(F)(F)C(F)(F)C(F)(F)[Si](Cl)(Cl)Cl.FC(F)=C(F)OC(F)(F)C(F)(F)[Si](Cl)(Cl)Cl. The Labute approximate surface area is 723 Å². The van der Waals surface area contributed by atoms with Crippen LogP contribution in [-0.4, -0.2) is 203 Å². The highest BCUT2D eigenvalue weighted by Crippen LogP contribution is 2.78. The van der Waals surface area contributed by atoms with Gasteiger partial charge in [0.1, 0.15) is 0 Å². The Bertz CT molecular complexity index is 3330. The van der Waals surface area contributed by atoms with Gasteiger partial charge in [-0.25, -0.2) is 0 Å². The van der Waals surface area contributed by atoms with Crippen LogP contribution in [0.15, 0.2) is 12.1 Å². The van der Waals surface area contributed by atoms with Gasteiger partial charge in [0.25, 0.3) is 10.1 Å². The van der Waals surface area contributed by atoms with Crippen molar-refractivity contribution in [2.24, 2.45) is 0 Å². The number of halogens is 86. The Kier molecular flexibility index (Phi) is 42.2. The first-order valence-corrected chi connectivity index (χ1v) is 54.6. The molecule has 0 saturated heterocycles. The molecular weight excluding hydrogens is 2500 g/mol. The van der Waals surface area contributed by atoms with Crippen molar-refractivity contribution in [2.75, 3.05) is 0 Å². The summed E-state index contributed by atoms with van der Waals surface area (Å²) < 4.78 is 852. The molecular formula is C32Cl18F68OSi6. The summed E-state index contributed by atoms with van der Waals surface area (Å²) in [5.74, 6) is -111. The molecule has 0 radical (unpaired) electrons. The molecule has 0 aromatic rings. The second kappa shape index (κ2) is 38.5. The van der Waals surface area contributed by atoms with Crippen molar-refractivity contribution in [3.05, 3.63) is 12.1 Å². The van der Waals surface area contributed by atoms with Crippen molar-refractivity contribution in [3.8, 4) is 0 Å². The van der Waals surface area contributed by atoms with E-state index in [4.69, 9.17) is 0 Å². The largest absolute Gasteiger partial charge is 0.466 e. The van der Waals surface area contributed by atoms with Crippen molar-refractivity contribution in [1.29, 1.82) is 0 Å². The molecule has 760 valence electrons. The molecule has 0 heterocycles. The van der Waals surface area contributed by atoms with Crippen LogP contribution in [0.2, 0.25) is 10.1 Å². The summed E-state index contributed by atoms with van der Waals surface area (Å²) in [7, 11) is 0. The van der Waals surface area contributed by atoms with Crippen LogP contribution in [-0.2, 0) is 4.74 Å². The minimum atomic E-state index is -8.70. The lowest BCUT2D eigenvalue weighted by atomic mass is 9.91. The molecule has 0 spiro atoms. The van der Waals surface area contributed by atoms with Crippen molar-refractivity contribution >= 4 is 235 Å². The molecule has 0 aromatic heterocycles. The molecule has 0 N–H and O–H groups in total. The molecule has 0 fully saturated rings. The average molecular weight is 2500 g/mol. The van der Waals surface area contributed by atoms with Gasteiger partial charge in [0, 0.05) is 0 Å². The minimum absolute atomic E-state index is 2.45. The third kappa shape index (κ3) is 24.2. The third-order valence-electron chi connectivity index (χ3n) is 12.2. The minimum Gasteiger partial charge on any atom is -0.398 e. The van der Waals surface area contributed by atoms with E-state index in [9.17, 15) is 299 Å². The molecule has 1 nitrogen and oxygen atoms in total. The Morgan fingerprint density at radius 3 is 0.392 bits per heavy atom. The van der Waals surface area contributed by atoms with E-state index in [1.807, 2.05) is 0 Å². The summed E-state index contributed by atoms with van der Waals surface area (Å²) in [5.41, 5.74) is -25.0. The molecule has 0 aliphatic heterocycles. The fraction of sp³-hybridized carbons (Fsp3) is 0.938. The van der Waals surface area contributed by atoms with Crippen molar-refractivity contribution in [3.63, 3.8) is 0 Å². The summed E-state index contributed by atoms with van der Waals surface area (Å²) >= 11 is 79.0. The van der Waals surface area contributed by atoms with E-state index in [0.29, 0.717) is 0 Å². The van der Waals surface area contributed by atoms with E-state index in [-0.39, 0.29) is 0 Å². The van der Waals surface area contributed by atoms with Crippen LogP contribution >= 0.6 is 199 Å². The van der Waals surface area contributed by atoms with Gasteiger partial charge >= 0.3 is 215 Å². The topological polar surface area (TPSA) is 9.23 Å². The monoisotopic (exact) mass is 2490 g/mol. The van der Waals surface area contributed by atoms with Crippen LogP contribution in [0.4, 0.5) is 299 Å². The van der Waals surface area contributed by atoms with Gasteiger partial charge in [-0.15, -0.1) is 199 Å². The molecule has 93 heteroatoms. The molecule has 0 amide bonds. The number of hydrogen-bond acceptors (Lipinski definition) is 1. The zero-order chi connectivity index (χ0) is 106. The average Bonchev–Trinajstić information content (AvgIpc) is 0.675. The Morgan fingerprint density at radius 2 is 0.272 bits per heavy atom. The predicted octanol–water partition coefficient (Wildman–Crippen LogP) is 33.6. The van der Waals surface area contributed by atoms with Crippen LogP contribution in [0.25, 0.3) is 0 Å². The normalized spacial score (nSPS) is 16.2. The van der Waals surface area contributed by atoms with Crippen LogP contribution in [0.5, 0.6) is 0 Å². The maximum absolute atomic E-state index is 13.4. The molecule has 0 bridgehead atoms. The number of alkyl halides is 65. The molecule has 0 rings (SSSR count). The fourth-order valence-corrected chi connectivity index (χ4v) is 19.7. The Balaban J connectivity index is -0.000000344. The van der Waals surface area contributed by atoms with Gasteiger partial charge in [0.15, 0.2) is 0 Å². The maximum Gasteiger partial charge on any atom is 0.466 e. The lowest BCUT2D eigenvalue weighted by molar-refractivity contribution is -0.458.